The predicted octanol–water partition coefficient (Wildman–Crippen LogP) is 3.94. The molecular formula is C13H17ClFN. The Labute approximate surface area is 101 Å². The van der Waals surface area contributed by atoms with Gasteiger partial charge in [0, 0.05) is 18.5 Å². The Balaban J connectivity index is 2.38. The molecule has 0 N–H and O–H groups in total. The molecule has 1 heterocycles. The molecule has 1 atom stereocenters. The van der Waals surface area contributed by atoms with Crippen molar-refractivity contribution >= 4 is 17.3 Å². The summed E-state index contributed by atoms with van der Waals surface area (Å²) in [5.74, 6) is 0.235. The van der Waals surface area contributed by atoms with Crippen LogP contribution < -0.4 is 4.90 Å². The Kier molecular flexibility index (Phi) is 3.70. The highest BCUT2D eigenvalue weighted by Gasteiger charge is 2.26. The summed E-state index contributed by atoms with van der Waals surface area (Å²) < 4.78 is 13.9. The second-order valence-electron chi connectivity index (χ2n) is 4.28. The molecule has 3 heteroatoms. The lowest BCUT2D eigenvalue weighted by Crippen LogP contribution is -2.30. The summed E-state index contributed by atoms with van der Waals surface area (Å²) in [6.07, 6.45) is 3.37. The summed E-state index contributed by atoms with van der Waals surface area (Å²) in [4.78, 5) is 2.19. The lowest BCUT2D eigenvalue weighted by molar-refractivity contribution is 0.595. The summed E-state index contributed by atoms with van der Waals surface area (Å²) in [6.45, 7) is 3.10. The van der Waals surface area contributed by atoms with Crippen molar-refractivity contribution in [1.82, 2.24) is 0 Å². The third kappa shape index (κ3) is 2.03. The van der Waals surface area contributed by atoms with E-state index in [1.54, 1.807) is 6.07 Å². The van der Waals surface area contributed by atoms with Gasteiger partial charge in [-0.25, -0.2) is 4.39 Å². The standard InChI is InChI=1S/C13H17ClFN/c1-2-11-6-4-8-16(11)13-10(9-14)5-3-7-12(13)15/h3,5,7,11H,2,4,6,8-9H2,1H3. The van der Waals surface area contributed by atoms with Gasteiger partial charge in [0.05, 0.1) is 5.69 Å². The van der Waals surface area contributed by atoms with Crippen LogP contribution in [0.25, 0.3) is 0 Å². The second-order valence-corrected chi connectivity index (χ2v) is 4.55. The molecule has 0 bridgehead atoms. The van der Waals surface area contributed by atoms with Gasteiger partial charge in [-0.05, 0) is 30.9 Å². The second kappa shape index (κ2) is 5.05. The number of para-hydroxylation sites is 1. The largest absolute Gasteiger partial charge is 0.366 e. The van der Waals surface area contributed by atoms with Crippen molar-refractivity contribution in [1.29, 1.82) is 0 Å². The Hall–Kier alpha value is -0.760. The van der Waals surface area contributed by atoms with Crippen LogP contribution in [0, 0.1) is 5.82 Å². The molecular weight excluding hydrogens is 225 g/mol. The molecule has 0 aromatic heterocycles. The van der Waals surface area contributed by atoms with Crippen LogP contribution in [-0.4, -0.2) is 12.6 Å². The molecule has 1 aliphatic heterocycles. The van der Waals surface area contributed by atoms with Crippen molar-refractivity contribution in [3.8, 4) is 0 Å². The minimum absolute atomic E-state index is 0.140. The quantitative estimate of drug-likeness (QED) is 0.725. The highest BCUT2D eigenvalue weighted by atomic mass is 35.5. The van der Waals surface area contributed by atoms with Crippen molar-refractivity contribution in [2.45, 2.75) is 38.1 Å². The maximum Gasteiger partial charge on any atom is 0.146 e. The van der Waals surface area contributed by atoms with Gasteiger partial charge in [0.2, 0.25) is 0 Å². The van der Waals surface area contributed by atoms with E-state index < -0.39 is 0 Å². The van der Waals surface area contributed by atoms with Gasteiger partial charge in [0.25, 0.3) is 0 Å². The van der Waals surface area contributed by atoms with Crippen LogP contribution in [0.3, 0.4) is 0 Å². The smallest absolute Gasteiger partial charge is 0.146 e. The van der Waals surface area contributed by atoms with E-state index in [0.717, 1.165) is 37.1 Å². The van der Waals surface area contributed by atoms with E-state index >= 15 is 0 Å². The van der Waals surface area contributed by atoms with Gasteiger partial charge in [-0.3, -0.25) is 0 Å². The van der Waals surface area contributed by atoms with Gasteiger partial charge in [-0.15, -0.1) is 11.6 Å². The maximum atomic E-state index is 13.9. The number of anilines is 1. The van der Waals surface area contributed by atoms with Gasteiger partial charge >= 0.3 is 0 Å². The summed E-state index contributed by atoms with van der Waals surface area (Å²) in [7, 11) is 0. The number of halogens is 2. The summed E-state index contributed by atoms with van der Waals surface area (Å²) in [5.41, 5.74) is 1.63. The first-order valence-corrected chi connectivity index (χ1v) is 6.41. The Morgan fingerprint density at radius 1 is 1.50 bits per heavy atom. The number of alkyl halides is 1. The molecule has 1 aromatic rings. The zero-order chi connectivity index (χ0) is 11.5. The first kappa shape index (κ1) is 11.7. The molecule has 88 valence electrons. The van der Waals surface area contributed by atoms with Gasteiger partial charge in [-0.1, -0.05) is 19.1 Å². The van der Waals surface area contributed by atoms with Gasteiger partial charge in [-0.2, -0.15) is 0 Å². The molecule has 0 amide bonds. The van der Waals surface area contributed by atoms with Crippen molar-refractivity contribution in [2.24, 2.45) is 0 Å². The minimum Gasteiger partial charge on any atom is -0.366 e. The summed E-state index contributed by atoms with van der Waals surface area (Å²) >= 11 is 5.88. The molecule has 0 saturated carbocycles. The van der Waals surface area contributed by atoms with Crippen molar-refractivity contribution in [2.75, 3.05) is 11.4 Å². The van der Waals surface area contributed by atoms with E-state index in [2.05, 4.69) is 11.8 Å². The third-order valence-corrected chi connectivity index (χ3v) is 3.64. The van der Waals surface area contributed by atoms with E-state index in [0.29, 0.717) is 11.9 Å². The van der Waals surface area contributed by atoms with E-state index in [1.165, 1.54) is 6.07 Å². The lowest BCUT2D eigenvalue weighted by Gasteiger charge is -2.28. The lowest BCUT2D eigenvalue weighted by atomic mass is 10.1. The highest BCUT2D eigenvalue weighted by molar-refractivity contribution is 6.17. The highest BCUT2D eigenvalue weighted by Crippen LogP contribution is 2.33. The minimum atomic E-state index is -0.140. The van der Waals surface area contributed by atoms with Gasteiger partial charge in [0.15, 0.2) is 0 Å². The van der Waals surface area contributed by atoms with Gasteiger partial charge < -0.3 is 4.90 Å². The molecule has 0 spiro atoms. The van der Waals surface area contributed by atoms with Crippen molar-refractivity contribution in [3.05, 3.63) is 29.6 Å². The fourth-order valence-corrected chi connectivity index (χ4v) is 2.76. The van der Waals surface area contributed by atoms with E-state index in [9.17, 15) is 4.39 Å². The Morgan fingerprint density at radius 3 is 3.00 bits per heavy atom. The monoisotopic (exact) mass is 241 g/mol. The van der Waals surface area contributed by atoms with E-state index in [-0.39, 0.29) is 5.82 Å². The molecule has 0 aliphatic carbocycles. The van der Waals surface area contributed by atoms with Crippen LogP contribution in [0.5, 0.6) is 0 Å². The van der Waals surface area contributed by atoms with Crippen LogP contribution in [0.4, 0.5) is 10.1 Å². The zero-order valence-corrected chi connectivity index (χ0v) is 10.3. The first-order chi connectivity index (χ1) is 7.77. The van der Waals surface area contributed by atoms with E-state index in [1.807, 2.05) is 6.07 Å². The zero-order valence-electron chi connectivity index (χ0n) is 9.55. The number of benzene rings is 1. The molecule has 1 saturated heterocycles. The Bertz CT molecular complexity index is 367. The van der Waals surface area contributed by atoms with Crippen LogP contribution in [0.1, 0.15) is 31.7 Å². The van der Waals surface area contributed by atoms with Crippen LogP contribution in [-0.2, 0) is 5.88 Å². The molecule has 0 radical (unpaired) electrons. The fraction of sp³-hybridized carbons (Fsp3) is 0.538. The topological polar surface area (TPSA) is 3.24 Å². The van der Waals surface area contributed by atoms with Crippen LogP contribution in [0.2, 0.25) is 0 Å². The molecule has 16 heavy (non-hydrogen) atoms. The van der Waals surface area contributed by atoms with E-state index in [4.69, 9.17) is 11.6 Å². The number of hydrogen-bond acceptors (Lipinski definition) is 1. The molecule has 2 rings (SSSR count). The average Bonchev–Trinajstić information content (AvgIpc) is 2.76. The van der Waals surface area contributed by atoms with Crippen molar-refractivity contribution in [3.63, 3.8) is 0 Å². The number of rotatable bonds is 3. The van der Waals surface area contributed by atoms with Crippen LogP contribution >= 0.6 is 11.6 Å². The van der Waals surface area contributed by atoms with Gasteiger partial charge in [0.1, 0.15) is 5.82 Å². The normalized spacial score (nSPS) is 20.4. The first-order valence-electron chi connectivity index (χ1n) is 5.88. The van der Waals surface area contributed by atoms with Crippen molar-refractivity contribution < 1.29 is 4.39 Å². The molecule has 1 unspecified atom stereocenters. The number of nitrogens with zero attached hydrogens (tertiary/aromatic N) is 1. The number of hydrogen-bond donors (Lipinski definition) is 0. The fourth-order valence-electron chi connectivity index (χ4n) is 2.54. The predicted molar refractivity (Wildman–Crippen MR) is 66.6 cm³/mol. The summed E-state index contributed by atoms with van der Waals surface area (Å²) in [6, 6.07) is 5.64. The summed E-state index contributed by atoms with van der Waals surface area (Å²) in [5, 5.41) is 0. The Morgan fingerprint density at radius 2 is 2.31 bits per heavy atom. The SMILES string of the molecule is CCC1CCCN1c1c(F)cccc1CCl. The maximum absolute atomic E-state index is 13.9. The van der Waals surface area contributed by atoms with Crippen LogP contribution in [0.15, 0.2) is 18.2 Å². The molecule has 1 aromatic carbocycles. The third-order valence-electron chi connectivity index (χ3n) is 3.35. The molecule has 1 nitrogen and oxygen atoms in total. The molecule has 1 aliphatic rings. The average molecular weight is 242 g/mol. The molecule has 1 fully saturated rings.